The molecule has 0 amide bonds. The number of hydrogen-bond donors (Lipinski definition) is 1. The topological polar surface area (TPSA) is 35.2 Å². The third-order valence-electron chi connectivity index (χ3n) is 6.71. The van der Waals surface area contributed by atoms with Crippen molar-refractivity contribution in [2.75, 3.05) is 13.2 Å². The van der Waals surface area contributed by atoms with E-state index in [1.54, 1.807) is 0 Å². The summed E-state index contributed by atoms with van der Waals surface area (Å²) >= 11 is 0. The van der Waals surface area contributed by atoms with Crippen LogP contribution in [-0.4, -0.2) is 19.3 Å². The van der Waals surface area contributed by atoms with E-state index in [4.69, 9.17) is 10.5 Å². The van der Waals surface area contributed by atoms with E-state index < -0.39 is 0 Å². The van der Waals surface area contributed by atoms with Gasteiger partial charge in [-0.3, -0.25) is 0 Å². The van der Waals surface area contributed by atoms with Crippen LogP contribution in [0, 0.1) is 0 Å². The van der Waals surface area contributed by atoms with E-state index in [1.165, 1.54) is 148 Å². The van der Waals surface area contributed by atoms with Crippen LogP contribution in [0.3, 0.4) is 0 Å². The zero-order chi connectivity index (χ0) is 22.7. The van der Waals surface area contributed by atoms with Gasteiger partial charge in [0, 0.05) is 6.61 Å². The van der Waals surface area contributed by atoms with Crippen LogP contribution in [0.5, 0.6) is 0 Å². The number of nitrogens with two attached hydrogens (primary N) is 1. The van der Waals surface area contributed by atoms with Gasteiger partial charge in [0.1, 0.15) is 0 Å². The second kappa shape index (κ2) is 28.0. The number of unbranched alkanes of at least 4 members (excludes halogenated alkanes) is 19. The summed E-state index contributed by atoms with van der Waals surface area (Å²) in [5.41, 5.74) is 5.65. The molecule has 1 unspecified atom stereocenters. The predicted molar refractivity (Wildman–Crippen MR) is 141 cm³/mol. The van der Waals surface area contributed by atoms with Crippen LogP contribution < -0.4 is 5.73 Å². The zero-order valence-electron chi connectivity index (χ0n) is 21.9. The fraction of sp³-hybridized carbons (Fsp3) is 1.00. The molecule has 0 aliphatic heterocycles. The lowest BCUT2D eigenvalue weighted by atomic mass is 10.0. The van der Waals surface area contributed by atoms with Crippen molar-refractivity contribution in [1.82, 2.24) is 0 Å². The molecule has 0 saturated carbocycles. The summed E-state index contributed by atoms with van der Waals surface area (Å²) < 4.78 is 6.17. The largest absolute Gasteiger partial charge is 0.378 e. The molecule has 1 atom stereocenters. The molecule has 2 heteroatoms. The molecule has 0 bridgehead atoms. The average Bonchev–Trinajstić information content (AvgIpc) is 2.78. The highest BCUT2D eigenvalue weighted by Crippen LogP contribution is 2.18. The smallest absolute Gasteiger partial charge is 0.0575 e. The van der Waals surface area contributed by atoms with Gasteiger partial charge in [0.15, 0.2) is 0 Å². The van der Waals surface area contributed by atoms with Crippen molar-refractivity contribution in [1.29, 1.82) is 0 Å². The molecule has 31 heavy (non-hydrogen) atoms. The molecule has 2 N–H and O–H groups in total. The molecule has 0 saturated heterocycles. The van der Waals surface area contributed by atoms with Crippen LogP contribution >= 0.6 is 0 Å². The first-order valence-electron chi connectivity index (χ1n) is 14.7. The van der Waals surface area contributed by atoms with Gasteiger partial charge >= 0.3 is 0 Å². The number of rotatable bonds is 27. The summed E-state index contributed by atoms with van der Waals surface area (Å²) in [6.07, 6.45) is 33.8. The molecule has 0 fully saturated rings. The quantitative estimate of drug-likeness (QED) is 0.129. The highest BCUT2D eigenvalue weighted by molar-refractivity contribution is 4.61. The SMILES string of the molecule is CCCCCCCCCCCCCCC(CCCCCCCCCCC)OCCCN. The molecular weight excluding hydrogens is 378 g/mol. The van der Waals surface area contributed by atoms with Crippen LogP contribution in [0.2, 0.25) is 0 Å². The molecule has 0 heterocycles. The lowest BCUT2D eigenvalue weighted by molar-refractivity contribution is 0.0376. The van der Waals surface area contributed by atoms with Gasteiger partial charge < -0.3 is 10.5 Å². The van der Waals surface area contributed by atoms with Gasteiger partial charge in [0.05, 0.1) is 6.10 Å². The third kappa shape index (κ3) is 26.1. The van der Waals surface area contributed by atoms with Crippen molar-refractivity contribution >= 4 is 0 Å². The Morgan fingerprint density at radius 2 is 0.774 bits per heavy atom. The Bertz CT molecular complexity index is 307. The minimum absolute atomic E-state index is 0.485. The van der Waals surface area contributed by atoms with E-state index in [1.807, 2.05) is 0 Å². The first-order chi connectivity index (χ1) is 15.3. The summed E-state index contributed by atoms with van der Waals surface area (Å²) in [6, 6.07) is 0. The van der Waals surface area contributed by atoms with Gasteiger partial charge in [0.25, 0.3) is 0 Å². The number of ether oxygens (including phenoxy) is 1. The van der Waals surface area contributed by atoms with Gasteiger partial charge in [-0.25, -0.2) is 0 Å². The standard InChI is InChI=1S/C29H61NO/c1-3-5-7-9-11-13-14-15-17-19-21-23-26-29(31-28-24-27-30)25-22-20-18-16-12-10-8-6-4-2/h29H,3-28,30H2,1-2H3. The average molecular weight is 440 g/mol. The molecule has 2 nitrogen and oxygen atoms in total. The molecule has 0 rings (SSSR count). The Balaban J connectivity index is 3.59. The van der Waals surface area contributed by atoms with Crippen LogP contribution in [0.25, 0.3) is 0 Å². The van der Waals surface area contributed by atoms with Crippen LogP contribution in [0.1, 0.15) is 168 Å². The summed E-state index contributed by atoms with van der Waals surface area (Å²) in [5.74, 6) is 0. The van der Waals surface area contributed by atoms with Gasteiger partial charge in [-0.2, -0.15) is 0 Å². The van der Waals surface area contributed by atoms with Crippen molar-refractivity contribution < 1.29 is 4.74 Å². The Hall–Kier alpha value is -0.0800. The van der Waals surface area contributed by atoms with Crippen LogP contribution in [0.4, 0.5) is 0 Å². The van der Waals surface area contributed by atoms with E-state index in [0.29, 0.717) is 6.10 Å². The summed E-state index contributed by atoms with van der Waals surface area (Å²) in [4.78, 5) is 0. The third-order valence-corrected chi connectivity index (χ3v) is 6.71. The molecule has 0 radical (unpaired) electrons. The Morgan fingerprint density at radius 3 is 1.10 bits per heavy atom. The Labute approximate surface area is 197 Å². The second-order valence-electron chi connectivity index (χ2n) is 9.93. The molecule has 0 spiro atoms. The van der Waals surface area contributed by atoms with E-state index >= 15 is 0 Å². The second-order valence-corrected chi connectivity index (χ2v) is 9.93. The highest BCUT2D eigenvalue weighted by Gasteiger charge is 2.09. The maximum absolute atomic E-state index is 6.17. The van der Waals surface area contributed by atoms with E-state index in [9.17, 15) is 0 Å². The van der Waals surface area contributed by atoms with Gasteiger partial charge in [0.2, 0.25) is 0 Å². The molecule has 0 aromatic carbocycles. The first-order valence-corrected chi connectivity index (χ1v) is 14.7. The fourth-order valence-electron chi connectivity index (χ4n) is 4.54. The lowest BCUT2D eigenvalue weighted by Gasteiger charge is -2.18. The molecule has 0 aromatic heterocycles. The molecular formula is C29H61NO. The van der Waals surface area contributed by atoms with Crippen molar-refractivity contribution in [3.63, 3.8) is 0 Å². The van der Waals surface area contributed by atoms with E-state index in [0.717, 1.165) is 19.6 Å². The fourth-order valence-corrected chi connectivity index (χ4v) is 4.54. The summed E-state index contributed by atoms with van der Waals surface area (Å²) in [7, 11) is 0. The Kier molecular flexibility index (Phi) is 27.9. The maximum atomic E-state index is 6.17. The van der Waals surface area contributed by atoms with Crippen LogP contribution in [-0.2, 0) is 4.74 Å². The lowest BCUT2D eigenvalue weighted by Crippen LogP contribution is -2.16. The van der Waals surface area contributed by atoms with Crippen molar-refractivity contribution in [3.05, 3.63) is 0 Å². The predicted octanol–water partition coefficient (Wildman–Crippen LogP) is 9.73. The number of hydrogen-bond acceptors (Lipinski definition) is 2. The van der Waals surface area contributed by atoms with Gasteiger partial charge in [-0.1, -0.05) is 149 Å². The summed E-state index contributed by atoms with van der Waals surface area (Å²) in [6.45, 7) is 6.20. The highest BCUT2D eigenvalue weighted by atomic mass is 16.5. The molecule has 0 aliphatic carbocycles. The van der Waals surface area contributed by atoms with E-state index in [2.05, 4.69) is 13.8 Å². The normalized spacial score (nSPS) is 12.5. The summed E-state index contributed by atoms with van der Waals surface area (Å²) in [5, 5.41) is 0. The first kappa shape index (κ1) is 30.9. The van der Waals surface area contributed by atoms with E-state index in [-0.39, 0.29) is 0 Å². The Morgan fingerprint density at radius 1 is 0.452 bits per heavy atom. The zero-order valence-corrected chi connectivity index (χ0v) is 21.9. The molecule has 188 valence electrons. The maximum Gasteiger partial charge on any atom is 0.0575 e. The van der Waals surface area contributed by atoms with Crippen molar-refractivity contribution in [3.8, 4) is 0 Å². The van der Waals surface area contributed by atoms with Crippen molar-refractivity contribution in [2.24, 2.45) is 5.73 Å². The molecule has 0 aliphatic rings. The minimum atomic E-state index is 0.485. The minimum Gasteiger partial charge on any atom is -0.378 e. The molecule has 0 aromatic rings. The van der Waals surface area contributed by atoms with Gasteiger partial charge in [-0.05, 0) is 25.8 Å². The van der Waals surface area contributed by atoms with Crippen LogP contribution in [0.15, 0.2) is 0 Å². The van der Waals surface area contributed by atoms with Gasteiger partial charge in [-0.15, -0.1) is 0 Å². The van der Waals surface area contributed by atoms with Crippen molar-refractivity contribution in [2.45, 2.75) is 174 Å². The monoisotopic (exact) mass is 439 g/mol.